The molecular weight excluding hydrogens is 301 g/mol. The monoisotopic (exact) mass is 315 g/mol. The predicted molar refractivity (Wildman–Crippen MR) is 77.1 cm³/mol. The maximum Gasteiger partial charge on any atom is 0.326 e. The minimum atomic E-state index is -0.967. The molecule has 0 heterocycles. The highest BCUT2D eigenvalue weighted by Gasteiger charge is 2.37. The van der Waals surface area contributed by atoms with Crippen molar-refractivity contribution in [2.45, 2.75) is 31.7 Å². The second kappa shape index (κ2) is 6.46. The Hall–Kier alpha value is -1.26. The molecule has 1 amide bonds. The molecule has 6 heteroatoms. The van der Waals surface area contributed by atoms with Crippen LogP contribution in [0.4, 0.5) is 0 Å². The number of benzene rings is 1. The molecule has 108 valence electrons. The van der Waals surface area contributed by atoms with Crippen LogP contribution in [0.1, 0.15) is 24.8 Å². The van der Waals surface area contributed by atoms with Crippen LogP contribution in [0.2, 0.25) is 10.0 Å². The zero-order chi connectivity index (χ0) is 14.7. The first-order valence-corrected chi connectivity index (χ1v) is 7.19. The van der Waals surface area contributed by atoms with Crippen molar-refractivity contribution in [2.75, 3.05) is 0 Å². The Morgan fingerprint density at radius 3 is 2.60 bits per heavy atom. The zero-order valence-corrected chi connectivity index (χ0v) is 12.2. The van der Waals surface area contributed by atoms with E-state index in [1.54, 1.807) is 18.2 Å². The molecule has 1 atom stereocenters. The van der Waals surface area contributed by atoms with Gasteiger partial charge in [-0.05, 0) is 42.9 Å². The minimum absolute atomic E-state index is 0.0792. The molecule has 1 aromatic rings. The van der Waals surface area contributed by atoms with E-state index in [2.05, 4.69) is 5.32 Å². The van der Waals surface area contributed by atoms with Crippen LogP contribution in [0.15, 0.2) is 18.2 Å². The molecule has 1 unspecified atom stereocenters. The first kappa shape index (κ1) is 15.1. The van der Waals surface area contributed by atoms with E-state index in [-0.39, 0.29) is 18.2 Å². The van der Waals surface area contributed by atoms with Crippen LogP contribution in [0.3, 0.4) is 0 Å². The molecule has 0 radical (unpaired) electrons. The smallest absolute Gasteiger partial charge is 0.326 e. The average Bonchev–Trinajstić information content (AvgIpc) is 3.18. The molecule has 4 nitrogen and oxygen atoms in total. The lowest BCUT2D eigenvalue weighted by Crippen LogP contribution is -2.42. The highest BCUT2D eigenvalue weighted by molar-refractivity contribution is 6.35. The van der Waals surface area contributed by atoms with Crippen molar-refractivity contribution >= 4 is 35.1 Å². The third-order valence-electron chi connectivity index (χ3n) is 3.31. The predicted octanol–water partition coefficient (Wildman–Crippen LogP) is 2.91. The number of hydrogen-bond acceptors (Lipinski definition) is 2. The normalized spacial score (nSPS) is 15.7. The van der Waals surface area contributed by atoms with Gasteiger partial charge in [0.15, 0.2) is 0 Å². The molecule has 0 saturated heterocycles. The maximum absolute atomic E-state index is 11.8. The van der Waals surface area contributed by atoms with Crippen molar-refractivity contribution in [1.29, 1.82) is 0 Å². The molecule has 1 aliphatic rings. The number of carboxylic acid groups (broad SMARTS) is 1. The maximum atomic E-state index is 11.8. The third kappa shape index (κ3) is 4.12. The second-order valence-corrected chi connectivity index (χ2v) is 5.80. The van der Waals surface area contributed by atoms with Gasteiger partial charge in [0.05, 0.1) is 0 Å². The SMILES string of the molecule is O=C(CCc1ccc(Cl)cc1Cl)NC(C(=O)O)C1CC1. The summed E-state index contributed by atoms with van der Waals surface area (Å²) in [5.41, 5.74) is 0.824. The van der Waals surface area contributed by atoms with Gasteiger partial charge in [-0.25, -0.2) is 4.79 Å². The summed E-state index contributed by atoms with van der Waals surface area (Å²) in [6.07, 6.45) is 2.39. The van der Waals surface area contributed by atoms with Crippen LogP contribution in [-0.2, 0) is 16.0 Å². The van der Waals surface area contributed by atoms with Gasteiger partial charge in [-0.1, -0.05) is 29.3 Å². The molecule has 1 aromatic carbocycles. The fourth-order valence-corrected chi connectivity index (χ4v) is 2.53. The summed E-state index contributed by atoms with van der Waals surface area (Å²) in [5, 5.41) is 12.7. The van der Waals surface area contributed by atoms with Crippen molar-refractivity contribution in [2.24, 2.45) is 5.92 Å². The first-order chi connectivity index (χ1) is 9.47. The Morgan fingerprint density at radius 1 is 1.35 bits per heavy atom. The number of aryl methyl sites for hydroxylation is 1. The van der Waals surface area contributed by atoms with E-state index in [1.165, 1.54) is 0 Å². The highest BCUT2D eigenvalue weighted by Crippen LogP contribution is 2.32. The molecule has 1 saturated carbocycles. The Bertz CT molecular complexity index is 529. The number of carbonyl (C=O) groups is 2. The Morgan fingerprint density at radius 2 is 2.05 bits per heavy atom. The van der Waals surface area contributed by atoms with Crippen molar-refractivity contribution in [3.63, 3.8) is 0 Å². The van der Waals surface area contributed by atoms with E-state index in [9.17, 15) is 9.59 Å². The van der Waals surface area contributed by atoms with Crippen molar-refractivity contribution < 1.29 is 14.7 Å². The molecule has 0 aliphatic heterocycles. The quantitative estimate of drug-likeness (QED) is 0.848. The van der Waals surface area contributed by atoms with Gasteiger partial charge < -0.3 is 10.4 Å². The molecule has 2 N–H and O–H groups in total. The number of amides is 1. The van der Waals surface area contributed by atoms with Gasteiger partial charge in [0.25, 0.3) is 0 Å². The Balaban J connectivity index is 1.86. The van der Waals surface area contributed by atoms with Crippen molar-refractivity contribution in [3.05, 3.63) is 33.8 Å². The van der Waals surface area contributed by atoms with E-state index in [4.69, 9.17) is 28.3 Å². The zero-order valence-electron chi connectivity index (χ0n) is 10.7. The number of rotatable bonds is 6. The lowest BCUT2D eigenvalue weighted by Gasteiger charge is -2.13. The van der Waals surface area contributed by atoms with Crippen molar-refractivity contribution in [1.82, 2.24) is 5.32 Å². The standard InChI is InChI=1S/C14H15Cl2NO3/c15-10-5-3-8(11(16)7-10)4-6-12(18)17-13(14(19)20)9-1-2-9/h3,5,7,9,13H,1-2,4,6H2,(H,17,18)(H,19,20). The molecule has 20 heavy (non-hydrogen) atoms. The van der Waals surface area contributed by atoms with Crippen LogP contribution in [-0.4, -0.2) is 23.0 Å². The number of carboxylic acids is 1. The van der Waals surface area contributed by atoms with Crippen LogP contribution in [0.25, 0.3) is 0 Å². The van der Waals surface area contributed by atoms with Gasteiger partial charge in [-0.15, -0.1) is 0 Å². The van der Waals surface area contributed by atoms with Gasteiger partial charge in [-0.2, -0.15) is 0 Å². The van der Waals surface area contributed by atoms with E-state index >= 15 is 0 Å². The van der Waals surface area contributed by atoms with Gasteiger partial charge in [0.1, 0.15) is 6.04 Å². The summed E-state index contributed by atoms with van der Waals surface area (Å²) in [6, 6.07) is 4.35. The Kier molecular flexibility index (Phi) is 4.89. The molecule has 0 aromatic heterocycles. The fourth-order valence-electron chi connectivity index (χ4n) is 2.03. The van der Waals surface area contributed by atoms with Crippen LogP contribution in [0.5, 0.6) is 0 Å². The molecule has 2 rings (SSSR count). The summed E-state index contributed by atoms with van der Waals surface area (Å²) in [5.74, 6) is -1.16. The topological polar surface area (TPSA) is 66.4 Å². The van der Waals surface area contributed by atoms with Crippen molar-refractivity contribution in [3.8, 4) is 0 Å². The molecule has 1 aliphatic carbocycles. The number of halogens is 2. The first-order valence-electron chi connectivity index (χ1n) is 6.43. The summed E-state index contributed by atoms with van der Waals surface area (Å²) < 4.78 is 0. The summed E-state index contributed by atoms with van der Waals surface area (Å²) in [6.45, 7) is 0. The summed E-state index contributed by atoms with van der Waals surface area (Å²) in [7, 11) is 0. The summed E-state index contributed by atoms with van der Waals surface area (Å²) >= 11 is 11.8. The summed E-state index contributed by atoms with van der Waals surface area (Å²) in [4.78, 5) is 22.8. The number of nitrogens with one attached hydrogen (secondary N) is 1. The van der Waals surface area contributed by atoms with Gasteiger partial charge in [-0.3, -0.25) is 4.79 Å². The average molecular weight is 316 g/mol. The molecule has 1 fully saturated rings. The van der Waals surface area contributed by atoms with E-state index < -0.39 is 12.0 Å². The highest BCUT2D eigenvalue weighted by atomic mass is 35.5. The van der Waals surface area contributed by atoms with Crippen LogP contribution >= 0.6 is 23.2 Å². The lowest BCUT2D eigenvalue weighted by molar-refractivity contribution is -0.142. The fraction of sp³-hybridized carbons (Fsp3) is 0.429. The van der Waals surface area contributed by atoms with Gasteiger partial charge in [0.2, 0.25) is 5.91 Å². The van der Waals surface area contributed by atoms with Crippen LogP contribution < -0.4 is 5.32 Å². The number of carbonyl (C=O) groups excluding carboxylic acids is 1. The minimum Gasteiger partial charge on any atom is -0.480 e. The van der Waals surface area contributed by atoms with Crippen LogP contribution in [0, 0.1) is 5.92 Å². The van der Waals surface area contributed by atoms with Gasteiger partial charge >= 0.3 is 5.97 Å². The van der Waals surface area contributed by atoms with Gasteiger partial charge in [0, 0.05) is 16.5 Å². The third-order valence-corrected chi connectivity index (χ3v) is 3.90. The van der Waals surface area contributed by atoms with E-state index in [0.29, 0.717) is 16.5 Å². The van der Waals surface area contributed by atoms with E-state index in [1.807, 2.05) is 0 Å². The van der Waals surface area contributed by atoms with E-state index in [0.717, 1.165) is 18.4 Å². The molecule has 0 bridgehead atoms. The second-order valence-electron chi connectivity index (χ2n) is 4.96. The number of hydrogen-bond donors (Lipinski definition) is 2. The largest absolute Gasteiger partial charge is 0.480 e. The molecular formula is C14H15Cl2NO3. The lowest BCUT2D eigenvalue weighted by atomic mass is 10.1. The Labute approximate surface area is 127 Å². The molecule has 0 spiro atoms. The number of aliphatic carboxylic acids is 1.